The summed E-state index contributed by atoms with van der Waals surface area (Å²) in [6.45, 7) is 0. The molecule has 0 saturated heterocycles. The molecule has 0 bridgehead atoms. The number of hydrogen-bond donors (Lipinski definition) is 1. The van der Waals surface area contributed by atoms with Gasteiger partial charge >= 0.3 is 0 Å². The summed E-state index contributed by atoms with van der Waals surface area (Å²) in [6.07, 6.45) is 1.17. The molecule has 0 amide bonds. The monoisotopic (exact) mass is 111 g/mol. The van der Waals surface area contributed by atoms with Crippen molar-refractivity contribution in [1.82, 2.24) is 0 Å². The van der Waals surface area contributed by atoms with E-state index in [4.69, 9.17) is 10.5 Å². The Balaban J connectivity index is 3.98. The van der Waals surface area contributed by atoms with Crippen LogP contribution < -0.4 is 0 Å². The number of oxime groups is 1. The first-order chi connectivity index (χ1) is 3.85. The molecule has 0 aromatic heterocycles. The quantitative estimate of drug-likeness (QED) is 0.295. The van der Waals surface area contributed by atoms with E-state index in [0.29, 0.717) is 0 Å². The van der Waals surface area contributed by atoms with Crippen LogP contribution >= 0.6 is 0 Å². The van der Waals surface area contributed by atoms with Gasteiger partial charge in [0.15, 0.2) is 5.71 Å². The van der Waals surface area contributed by atoms with Crippen LogP contribution in [0.1, 0.15) is 0 Å². The highest BCUT2D eigenvalue weighted by molar-refractivity contribution is 6.37. The summed E-state index contributed by atoms with van der Waals surface area (Å²) in [4.78, 5) is 3.44. The fourth-order valence-electron chi connectivity index (χ4n) is 0.199. The number of nitriles is 1. The van der Waals surface area contributed by atoms with Crippen molar-refractivity contribution < 1.29 is 5.21 Å². The van der Waals surface area contributed by atoms with Crippen LogP contribution in [0.3, 0.4) is 0 Å². The predicted octanol–water partition coefficient (Wildman–Crippen LogP) is 0.0408. The van der Waals surface area contributed by atoms with E-state index in [0.717, 1.165) is 0 Å². The number of nitrogens with zero attached hydrogens (tertiary/aromatic N) is 3. The molecule has 4 heteroatoms. The minimum Gasteiger partial charge on any atom is -0.410 e. The normalized spacial score (nSPS) is 11.8. The molecule has 0 aliphatic carbocycles. The molecule has 0 heterocycles. The summed E-state index contributed by atoms with van der Waals surface area (Å²) >= 11 is 0. The lowest BCUT2D eigenvalue weighted by molar-refractivity contribution is 0.321. The van der Waals surface area contributed by atoms with Crippen molar-refractivity contribution in [3.8, 4) is 6.07 Å². The molecule has 0 aromatic carbocycles. The van der Waals surface area contributed by atoms with Gasteiger partial charge in [0.05, 0.1) is 6.21 Å². The van der Waals surface area contributed by atoms with Gasteiger partial charge in [-0.05, 0) is 0 Å². The first-order valence-electron chi connectivity index (χ1n) is 1.89. The van der Waals surface area contributed by atoms with Gasteiger partial charge in [0.25, 0.3) is 0 Å². The average Bonchev–Trinajstić information content (AvgIpc) is 1.83. The first-order valence-corrected chi connectivity index (χ1v) is 1.89. The Labute approximate surface area is 46.8 Å². The third-order valence-electron chi connectivity index (χ3n) is 0.474. The standard InChI is InChI=1S/C4H5N3O/c1-6-3-4(2-5)7-8/h3,8H,1H3/b6-3?,7-4-. The Morgan fingerprint density at radius 3 is 2.62 bits per heavy atom. The van der Waals surface area contributed by atoms with Gasteiger partial charge in [0, 0.05) is 7.05 Å². The minimum atomic E-state index is -0.0903. The topological polar surface area (TPSA) is 68.7 Å². The molecule has 0 unspecified atom stereocenters. The fraction of sp³-hybridized carbons (Fsp3) is 0.250. The van der Waals surface area contributed by atoms with Gasteiger partial charge in [-0.25, -0.2) is 0 Å². The third kappa shape index (κ3) is 1.92. The molecule has 42 valence electrons. The molecule has 0 atom stereocenters. The molecule has 0 aliphatic rings. The van der Waals surface area contributed by atoms with Crippen molar-refractivity contribution in [2.75, 3.05) is 7.05 Å². The van der Waals surface area contributed by atoms with Gasteiger partial charge in [0.2, 0.25) is 0 Å². The molecule has 1 N–H and O–H groups in total. The Morgan fingerprint density at radius 2 is 2.50 bits per heavy atom. The van der Waals surface area contributed by atoms with E-state index in [1.807, 2.05) is 0 Å². The second kappa shape index (κ2) is 3.81. The van der Waals surface area contributed by atoms with Gasteiger partial charge < -0.3 is 5.21 Å². The predicted molar refractivity (Wildman–Crippen MR) is 29.3 cm³/mol. The maximum Gasteiger partial charge on any atom is 0.197 e. The van der Waals surface area contributed by atoms with Gasteiger partial charge in [-0.1, -0.05) is 5.16 Å². The van der Waals surface area contributed by atoms with E-state index in [2.05, 4.69) is 10.1 Å². The van der Waals surface area contributed by atoms with Crippen LogP contribution in [0.5, 0.6) is 0 Å². The summed E-state index contributed by atoms with van der Waals surface area (Å²) in [5.41, 5.74) is -0.0903. The lowest BCUT2D eigenvalue weighted by atomic mass is 10.5. The summed E-state index contributed by atoms with van der Waals surface area (Å²) in [7, 11) is 1.49. The van der Waals surface area contributed by atoms with Crippen molar-refractivity contribution in [1.29, 1.82) is 5.26 Å². The van der Waals surface area contributed by atoms with E-state index in [1.54, 1.807) is 6.07 Å². The van der Waals surface area contributed by atoms with Gasteiger partial charge in [-0.3, -0.25) is 4.99 Å². The summed E-state index contributed by atoms with van der Waals surface area (Å²) in [6, 6.07) is 1.60. The highest BCUT2D eigenvalue weighted by Gasteiger charge is 1.85. The van der Waals surface area contributed by atoms with Crippen LogP contribution in [0.2, 0.25) is 0 Å². The molecule has 0 radical (unpaired) electrons. The average molecular weight is 111 g/mol. The maximum absolute atomic E-state index is 8.03. The van der Waals surface area contributed by atoms with Crippen LogP contribution in [0.25, 0.3) is 0 Å². The van der Waals surface area contributed by atoms with E-state index in [9.17, 15) is 0 Å². The number of rotatable bonds is 1. The lowest BCUT2D eigenvalue weighted by Crippen LogP contribution is -1.93. The molecule has 0 aliphatic heterocycles. The van der Waals surface area contributed by atoms with Crippen molar-refractivity contribution in [2.24, 2.45) is 10.1 Å². The molecule has 4 nitrogen and oxygen atoms in total. The molecular formula is C4H5N3O. The number of aliphatic imine (C=N–C) groups is 1. The SMILES string of the molecule is CN=C/C(C#N)=N\O. The zero-order valence-electron chi connectivity index (χ0n) is 4.37. The highest BCUT2D eigenvalue weighted by atomic mass is 16.4. The second-order valence-corrected chi connectivity index (χ2v) is 0.984. The molecule has 0 saturated carbocycles. The van der Waals surface area contributed by atoms with Crippen LogP contribution in [0.4, 0.5) is 0 Å². The molecule has 0 rings (SSSR count). The second-order valence-electron chi connectivity index (χ2n) is 0.984. The van der Waals surface area contributed by atoms with E-state index in [1.165, 1.54) is 13.3 Å². The Bertz CT molecular complexity index is 153. The third-order valence-corrected chi connectivity index (χ3v) is 0.474. The van der Waals surface area contributed by atoms with E-state index < -0.39 is 0 Å². The molecule has 0 fully saturated rings. The molecule has 8 heavy (non-hydrogen) atoms. The van der Waals surface area contributed by atoms with Crippen molar-refractivity contribution >= 4 is 11.9 Å². The van der Waals surface area contributed by atoms with Crippen LogP contribution in [0, 0.1) is 11.3 Å². The van der Waals surface area contributed by atoms with Crippen LogP contribution in [0.15, 0.2) is 10.1 Å². The molecular weight excluding hydrogens is 106 g/mol. The Kier molecular flexibility index (Phi) is 3.16. The Morgan fingerprint density at radius 1 is 1.88 bits per heavy atom. The molecule has 0 aromatic rings. The van der Waals surface area contributed by atoms with E-state index >= 15 is 0 Å². The van der Waals surface area contributed by atoms with Crippen molar-refractivity contribution in [2.45, 2.75) is 0 Å². The van der Waals surface area contributed by atoms with Crippen LogP contribution in [-0.4, -0.2) is 24.2 Å². The zero-order chi connectivity index (χ0) is 6.41. The van der Waals surface area contributed by atoms with Gasteiger partial charge in [0.1, 0.15) is 6.07 Å². The van der Waals surface area contributed by atoms with Crippen molar-refractivity contribution in [3.05, 3.63) is 0 Å². The van der Waals surface area contributed by atoms with Crippen molar-refractivity contribution in [3.63, 3.8) is 0 Å². The summed E-state index contributed by atoms with van der Waals surface area (Å²) in [5, 5.41) is 18.6. The Hall–Kier alpha value is -1.37. The summed E-state index contributed by atoms with van der Waals surface area (Å²) in [5.74, 6) is 0. The summed E-state index contributed by atoms with van der Waals surface area (Å²) < 4.78 is 0. The number of hydrogen-bond acceptors (Lipinski definition) is 4. The largest absolute Gasteiger partial charge is 0.410 e. The van der Waals surface area contributed by atoms with Gasteiger partial charge in [-0.2, -0.15) is 5.26 Å². The smallest absolute Gasteiger partial charge is 0.197 e. The van der Waals surface area contributed by atoms with Gasteiger partial charge in [-0.15, -0.1) is 0 Å². The van der Waals surface area contributed by atoms with Crippen LogP contribution in [-0.2, 0) is 0 Å². The maximum atomic E-state index is 8.03. The van der Waals surface area contributed by atoms with E-state index in [-0.39, 0.29) is 5.71 Å². The molecule has 0 spiro atoms. The first kappa shape index (κ1) is 6.63. The minimum absolute atomic E-state index is 0.0903. The fourth-order valence-corrected chi connectivity index (χ4v) is 0.199. The zero-order valence-corrected chi connectivity index (χ0v) is 4.37. The highest BCUT2D eigenvalue weighted by Crippen LogP contribution is 1.66. The lowest BCUT2D eigenvalue weighted by Gasteiger charge is -1.75.